The van der Waals surface area contributed by atoms with E-state index in [1.165, 1.54) is 12.1 Å². The smallest absolute Gasteiger partial charge is 0.258 e. The van der Waals surface area contributed by atoms with Crippen LogP contribution in [-0.2, 0) is 0 Å². The molecule has 0 spiro atoms. The number of halogens is 1. The van der Waals surface area contributed by atoms with Gasteiger partial charge < -0.3 is 10.6 Å². The van der Waals surface area contributed by atoms with Crippen molar-refractivity contribution in [3.05, 3.63) is 59.9 Å². The summed E-state index contributed by atoms with van der Waals surface area (Å²) < 4.78 is 13.5. The number of hydrogen-bond acceptors (Lipinski definition) is 2. The van der Waals surface area contributed by atoms with E-state index in [4.69, 9.17) is 0 Å². The molecular weight excluding hydrogens is 267 g/mol. The van der Waals surface area contributed by atoms with E-state index in [-0.39, 0.29) is 11.1 Å². The van der Waals surface area contributed by atoms with Crippen molar-refractivity contribution in [3.63, 3.8) is 0 Å². The van der Waals surface area contributed by atoms with Crippen LogP contribution in [0.5, 0.6) is 0 Å². The second-order valence-corrected chi connectivity index (χ2v) is 5.89. The van der Waals surface area contributed by atoms with Gasteiger partial charge in [0.25, 0.3) is 5.91 Å². The van der Waals surface area contributed by atoms with Gasteiger partial charge in [-0.25, -0.2) is 4.39 Å². The van der Waals surface area contributed by atoms with E-state index in [0.29, 0.717) is 5.69 Å². The SMILES string of the molecule is CC(C)(C)Nc1ccc(NC(=O)c2ccccc2F)cc1. The zero-order valence-corrected chi connectivity index (χ0v) is 12.4. The highest BCUT2D eigenvalue weighted by molar-refractivity contribution is 6.04. The Balaban J connectivity index is 2.07. The number of hydrogen-bond donors (Lipinski definition) is 2. The van der Waals surface area contributed by atoms with Crippen LogP contribution in [0.25, 0.3) is 0 Å². The lowest BCUT2D eigenvalue weighted by Crippen LogP contribution is -2.25. The summed E-state index contributed by atoms with van der Waals surface area (Å²) in [5.74, 6) is -0.981. The van der Waals surface area contributed by atoms with Crippen molar-refractivity contribution >= 4 is 17.3 Å². The minimum Gasteiger partial charge on any atom is -0.380 e. The molecule has 3 nitrogen and oxygen atoms in total. The molecule has 0 saturated carbocycles. The fourth-order valence-corrected chi connectivity index (χ4v) is 1.91. The van der Waals surface area contributed by atoms with Gasteiger partial charge in [0.1, 0.15) is 5.82 Å². The Bertz CT molecular complexity index is 630. The number of rotatable bonds is 3. The predicted molar refractivity (Wildman–Crippen MR) is 84.2 cm³/mol. The first-order valence-electron chi connectivity index (χ1n) is 6.79. The molecule has 2 rings (SSSR count). The summed E-state index contributed by atoms with van der Waals surface area (Å²) in [5, 5.41) is 6.01. The molecule has 0 aliphatic rings. The highest BCUT2D eigenvalue weighted by Crippen LogP contribution is 2.18. The highest BCUT2D eigenvalue weighted by atomic mass is 19.1. The fourth-order valence-electron chi connectivity index (χ4n) is 1.91. The van der Waals surface area contributed by atoms with Crippen LogP contribution in [0.2, 0.25) is 0 Å². The number of carbonyl (C=O) groups excluding carboxylic acids is 1. The number of anilines is 2. The zero-order valence-electron chi connectivity index (χ0n) is 12.4. The molecule has 0 atom stereocenters. The average Bonchev–Trinajstić information content (AvgIpc) is 2.40. The van der Waals surface area contributed by atoms with Gasteiger partial charge in [-0.05, 0) is 57.2 Å². The first kappa shape index (κ1) is 15.0. The van der Waals surface area contributed by atoms with Crippen molar-refractivity contribution in [1.29, 1.82) is 0 Å². The van der Waals surface area contributed by atoms with E-state index in [2.05, 4.69) is 31.4 Å². The van der Waals surface area contributed by atoms with Crippen molar-refractivity contribution in [2.45, 2.75) is 26.3 Å². The lowest BCUT2D eigenvalue weighted by Gasteiger charge is -2.22. The standard InChI is InChI=1S/C17H19FN2O/c1-17(2,3)20-13-10-8-12(9-11-13)19-16(21)14-6-4-5-7-15(14)18/h4-11,20H,1-3H3,(H,19,21). The Labute approximate surface area is 124 Å². The summed E-state index contributed by atoms with van der Waals surface area (Å²) in [4.78, 5) is 12.0. The zero-order chi connectivity index (χ0) is 15.5. The largest absolute Gasteiger partial charge is 0.380 e. The Morgan fingerprint density at radius 3 is 2.10 bits per heavy atom. The summed E-state index contributed by atoms with van der Waals surface area (Å²) in [5.41, 5.74) is 1.60. The lowest BCUT2D eigenvalue weighted by atomic mass is 10.1. The Morgan fingerprint density at radius 1 is 0.952 bits per heavy atom. The van der Waals surface area contributed by atoms with Crippen LogP contribution in [0, 0.1) is 5.82 Å². The topological polar surface area (TPSA) is 41.1 Å². The van der Waals surface area contributed by atoms with Gasteiger partial charge in [-0.15, -0.1) is 0 Å². The van der Waals surface area contributed by atoms with E-state index in [1.807, 2.05) is 12.1 Å². The van der Waals surface area contributed by atoms with Gasteiger partial charge in [-0.2, -0.15) is 0 Å². The quantitative estimate of drug-likeness (QED) is 0.883. The molecule has 0 aliphatic carbocycles. The second-order valence-electron chi connectivity index (χ2n) is 5.89. The molecule has 0 heterocycles. The van der Waals surface area contributed by atoms with Gasteiger partial charge in [0.2, 0.25) is 0 Å². The van der Waals surface area contributed by atoms with Crippen LogP contribution >= 0.6 is 0 Å². The minimum atomic E-state index is -0.527. The maximum Gasteiger partial charge on any atom is 0.258 e. The molecule has 0 unspecified atom stereocenters. The Morgan fingerprint density at radius 2 is 1.52 bits per heavy atom. The third kappa shape index (κ3) is 4.31. The summed E-state index contributed by atoms with van der Waals surface area (Å²) in [6.45, 7) is 6.21. The van der Waals surface area contributed by atoms with E-state index in [9.17, 15) is 9.18 Å². The van der Waals surface area contributed by atoms with E-state index in [1.54, 1.807) is 24.3 Å². The summed E-state index contributed by atoms with van der Waals surface area (Å²) in [6.07, 6.45) is 0. The van der Waals surface area contributed by atoms with Crippen molar-refractivity contribution in [3.8, 4) is 0 Å². The number of benzene rings is 2. The molecule has 0 radical (unpaired) electrons. The number of amides is 1. The van der Waals surface area contributed by atoms with Crippen LogP contribution in [0.1, 0.15) is 31.1 Å². The van der Waals surface area contributed by atoms with Crippen LogP contribution in [0.3, 0.4) is 0 Å². The molecular formula is C17H19FN2O. The molecule has 2 aromatic rings. The van der Waals surface area contributed by atoms with Crippen molar-refractivity contribution < 1.29 is 9.18 Å². The van der Waals surface area contributed by atoms with Crippen LogP contribution in [-0.4, -0.2) is 11.4 Å². The first-order valence-corrected chi connectivity index (χ1v) is 6.79. The second kappa shape index (κ2) is 5.95. The molecule has 0 saturated heterocycles. The van der Waals surface area contributed by atoms with Gasteiger partial charge in [0.05, 0.1) is 5.56 Å². The summed E-state index contributed by atoms with van der Waals surface area (Å²) in [7, 11) is 0. The molecule has 4 heteroatoms. The molecule has 110 valence electrons. The maximum absolute atomic E-state index is 13.5. The molecule has 0 bridgehead atoms. The van der Waals surface area contributed by atoms with Crippen molar-refractivity contribution in [1.82, 2.24) is 0 Å². The number of nitrogens with one attached hydrogen (secondary N) is 2. The Kier molecular flexibility index (Phi) is 4.26. The van der Waals surface area contributed by atoms with Gasteiger partial charge in [0, 0.05) is 16.9 Å². The summed E-state index contributed by atoms with van der Waals surface area (Å²) >= 11 is 0. The van der Waals surface area contributed by atoms with E-state index < -0.39 is 11.7 Å². The third-order valence-corrected chi connectivity index (χ3v) is 2.78. The molecule has 0 aromatic heterocycles. The van der Waals surface area contributed by atoms with Gasteiger partial charge in [-0.3, -0.25) is 4.79 Å². The molecule has 21 heavy (non-hydrogen) atoms. The van der Waals surface area contributed by atoms with E-state index in [0.717, 1.165) is 5.69 Å². The maximum atomic E-state index is 13.5. The van der Waals surface area contributed by atoms with Crippen LogP contribution in [0.4, 0.5) is 15.8 Å². The van der Waals surface area contributed by atoms with E-state index >= 15 is 0 Å². The van der Waals surface area contributed by atoms with Gasteiger partial charge >= 0.3 is 0 Å². The lowest BCUT2D eigenvalue weighted by molar-refractivity contribution is 0.102. The van der Waals surface area contributed by atoms with Crippen LogP contribution < -0.4 is 10.6 Å². The summed E-state index contributed by atoms with van der Waals surface area (Å²) in [6, 6.07) is 13.2. The molecule has 0 aliphatic heterocycles. The van der Waals surface area contributed by atoms with Crippen molar-refractivity contribution in [2.75, 3.05) is 10.6 Å². The minimum absolute atomic E-state index is 0.0298. The average molecular weight is 286 g/mol. The molecule has 1 amide bonds. The molecule has 2 N–H and O–H groups in total. The predicted octanol–water partition coefficient (Wildman–Crippen LogP) is 4.29. The third-order valence-electron chi connectivity index (χ3n) is 2.78. The highest BCUT2D eigenvalue weighted by Gasteiger charge is 2.12. The molecule has 0 fully saturated rings. The normalized spacial score (nSPS) is 11.0. The van der Waals surface area contributed by atoms with Gasteiger partial charge in [0.15, 0.2) is 0 Å². The molecule has 2 aromatic carbocycles. The fraction of sp³-hybridized carbons (Fsp3) is 0.235. The van der Waals surface area contributed by atoms with Crippen molar-refractivity contribution in [2.24, 2.45) is 0 Å². The monoisotopic (exact) mass is 286 g/mol. The number of carbonyl (C=O) groups is 1. The van der Waals surface area contributed by atoms with Crippen LogP contribution in [0.15, 0.2) is 48.5 Å². The Hall–Kier alpha value is -2.36. The van der Waals surface area contributed by atoms with Gasteiger partial charge in [-0.1, -0.05) is 12.1 Å². The first-order chi connectivity index (χ1) is 9.85.